The van der Waals surface area contributed by atoms with E-state index in [1.165, 1.54) is 20.2 Å². The number of nitrogens with zero attached hydrogens (tertiary/aromatic N) is 1. The molecular formula is C11H13N3O4S2. The summed E-state index contributed by atoms with van der Waals surface area (Å²) in [5.74, 6) is 0.312. The number of amides is 1. The van der Waals surface area contributed by atoms with Gasteiger partial charge in [0.1, 0.15) is 10.6 Å². The minimum Gasteiger partial charge on any atom is -0.497 e. The van der Waals surface area contributed by atoms with Gasteiger partial charge in [-0.15, -0.1) is 4.40 Å². The molecule has 1 aliphatic rings. The highest BCUT2D eigenvalue weighted by Crippen LogP contribution is 2.32. The van der Waals surface area contributed by atoms with E-state index in [-0.39, 0.29) is 21.7 Å². The molecule has 0 atom stereocenters. The van der Waals surface area contributed by atoms with Crippen LogP contribution in [0.15, 0.2) is 27.5 Å². The Labute approximate surface area is 120 Å². The number of thioether (sulfide) groups is 1. The first-order chi connectivity index (χ1) is 9.46. The number of amidine groups is 1. The average Bonchev–Trinajstić information content (AvgIpc) is 2.43. The Balaban J connectivity index is 2.27. The molecular weight excluding hydrogens is 302 g/mol. The number of carbonyl (C=O) groups is 1. The molecule has 0 aliphatic carbocycles. The second-order valence-corrected chi connectivity index (χ2v) is 6.36. The second-order valence-electron chi connectivity index (χ2n) is 3.82. The van der Waals surface area contributed by atoms with Crippen molar-refractivity contribution in [1.29, 1.82) is 0 Å². The number of carbonyl (C=O) groups excluding carboxylic acids is 1. The zero-order valence-corrected chi connectivity index (χ0v) is 12.5. The normalized spacial score (nSPS) is 15.6. The van der Waals surface area contributed by atoms with Gasteiger partial charge in [-0.3, -0.25) is 4.79 Å². The zero-order chi connectivity index (χ0) is 14.8. The van der Waals surface area contributed by atoms with Gasteiger partial charge in [0, 0.05) is 13.1 Å². The van der Waals surface area contributed by atoms with Gasteiger partial charge in [0.2, 0.25) is 5.91 Å². The third-order valence-corrected chi connectivity index (χ3v) is 4.84. The average molecular weight is 315 g/mol. The maximum atomic E-state index is 12.1. The maximum Gasteiger partial charge on any atom is 0.286 e. The number of methoxy groups -OCH3 is 1. The summed E-state index contributed by atoms with van der Waals surface area (Å²) in [6.07, 6.45) is 0. The number of hydrogen-bond donors (Lipinski definition) is 2. The third kappa shape index (κ3) is 3.05. The molecule has 0 spiro atoms. The molecule has 0 saturated carbocycles. The van der Waals surface area contributed by atoms with E-state index in [0.29, 0.717) is 11.4 Å². The minimum atomic E-state index is -3.79. The number of nitrogens with one attached hydrogen (secondary N) is 2. The van der Waals surface area contributed by atoms with Crippen LogP contribution in [0.5, 0.6) is 5.75 Å². The molecule has 0 radical (unpaired) electrons. The second kappa shape index (κ2) is 5.71. The number of fused-ring (bicyclic) bond motifs is 1. The lowest BCUT2D eigenvalue weighted by Crippen LogP contribution is -2.24. The predicted molar refractivity (Wildman–Crippen MR) is 77.8 cm³/mol. The van der Waals surface area contributed by atoms with Gasteiger partial charge >= 0.3 is 0 Å². The molecule has 1 heterocycles. The van der Waals surface area contributed by atoms with Crippen LogP contribution in [-0.4, -0.2) is 39.4 Å². The van der Waals surface area contributed by atoms with E-state index in [2.05, 4.69) is 15.0 Å². The summed E-state index contributed by atoms with van der Waals surface area (Å²) in [6, 6.07) is 4.65. The Hall–Kier alpha value is -1.74. The zero-order valence-electron chi connectivity index (χ0n) is 10.8. The highest BCUT2D eigenvalue weighted by Gasteiger charge is 2.26. The molecule has 1 amide bonds. The lowest BCUT2D eigenvalue weighted by molar-refractivity contribution is -0.118. The number of ether oxygens (including phenoxy) is 1. The molecule has 0 fully saturated rings. The van der Waals surface area contributed by atoms with E-state index in [1.807, 2.05) is 0 Å². The third-order valence-electron chi connectivity index (χ3n) is 2.53. The molecule has 0 unspecified atom stereocenters. The molecule has 1 aromatic carbocycles. The quantitative estimate of drug-likeness (QED) is 0.850. The Morgan fingerprint density at radius 3 is 2.90 bits per heavy atom. The van der Waals surface area contributed by atoms with Crippen LogP contribution < -0.4 is 15.4 Å². The Morgan fingerprint density at radius 2 is 2.25 bits per heavy atom. The molecule has 2 N–H and O–H groups in total. The standard InChI is InChI=1S/C11H13N3O4S2/c1-12-10(15)6-19-11-13-8-4-3-7(18-2)5-9(8)20(16,17)14-11/h3-5H,6H2,1-2H3,(H,12,15)(H,13,14). The van der Waals surface area contributed by atoms with Crippen molar-refractivity contribution in [3.8, 4) is 5.75 Å². The van der Waals surface area contributed by atoms with Crippen LogP contribution in [0.25, 0.3) is 0 Å². The fraction of sp³-hybridized carbons (Fsp3) is 0.273. The van der Waals surface area contributed by atoms with Crippen molar-refractivity contribution in [3.63, 3.8) is 0 Å². The van der Waals surface area contributed by atoms with Crippen LogP contribution in [0.3, 0.4) is 0 Å². The van der Waals surface area contributed by atoms with Gasteiger partial charge in [0.25, 0.3) is 10.0 Å². The molecule has 7 nitrogen and oxygen atoms in total. The smallest absolute Gasteiger partial charge is 0.286 e. The monoisotopic (exact) mass is 315 g/mol. The molecule has 108 valence electrons. The van der Waals surface area contributed by atoms with E-state index in [1.54, 1.807) is 12.1 Å². The molecule has 0 aromatic heterocycles. The van der Waals surface area contributed by atoms with Crippen molar-refractivity contribution in [2.75, 3.05) is 25.2 Å². The lowest BCUT2D eigenvalue weighted by atomic mass is 10.3. The summed E-state index contributed by atoms with van der Waals surface area (Å²) in [6.45, 7) is 0. The van der Waals surface area contributed by atoms with Crippen molar-refractivity contribution >= 4 is 38.5 Å². The molecule has 2 rings (SSSR count). The van der Waals surface area contributed by atoms with Crippen LogP contribution in [-0.2, 0) is 14.8 Å². The van der Waals surface area contributed by atoms with Crippen LogP contribution in [0.1, 0.15) is 0 Å². The summed E-state index contributed by atoms with van der Waals surface area (Å²) in [7, 11) is -0.817. The van der Waals surface area contributed by atoms with Gasteiger partial charge in [-0.2, -0.15) is 8.42 Å². The van der Waals surface area contributed by atoms with Crippen molar-refractivity contribution in [3.05, 3.63) is 18.2 Å². The van der Waals surface area contributed by atoms with E-state index < -0.39 is 10.0 Å². The number of rotatable bonds is 3. The predicted octanol–water partition coefficient (Wildman–Crippen LogP) is 0.645. The van der Waals surface area contributed by atoms with Crippen molar-refractivity contribution in [2.45, 2.75) is 4.90 Å². The summed E-state index contributed by atoms with van der Waals surface area (Å²) in [5, 5.41) is 5.51. The van der Waals surface area contributed by atoms with Crippen LogP contribution in [0.2, 0.25) is 0 Å². The first-order valence-corrected chi connectivity index (χ1v) is 8.02. The van der Waals surface area contributed by atoms with Crippen molar-refractivity contribution in [1.82, 2.24) is 5.32 Å². The maximum absolute atomic E-state index is 12.1. The topological polar surface area (TPSA) is 96.9 Å². The minimum absolute atomic E-state index is 0.0566. The SMILES string of the molecule is CNC(=O)CSC1=NS(=O)(=O)c2cc(OC)ccc2N1. The van der Waals surface area contributed by atoms with Gasteiger partial charge in [-0.05, 0) is 12.1 Å². The van der Waals surface area contributed by atoms with Crippen LogP contribution in [0, 0.1) is 0 Å². The van der Waals surface area contributed by atoms with Crippen molar-refractivity contribution in [2.24, 2.45) is 4.40 Å². The van der Waals surface area contributed by atoms with Gasteiger partial charge in [-0.1, -0.05) is 11.8 Å². The van der Waals surface area contributed by atoms with Crippen LogP contribution >= 0.6 is 11.8 Å². The number of benzene rings is 1. The molecule has 9 heteroatoms. The molecule has 1 aromatic rings. The first-order valence-electron chi connectivity index (χ1n) is 5.59. The molecule has 20 heavy (non-hydrogen) atoms. The van der Waals surface area contributed by atoms with Gasteiger partial charge in [0.05, 0.1) is 18.6 Å². The Kier molecular flexibility index (Phi) is 4.19. The summed E-state index contributed by atoms with van der Waals surface area (Å²) in [5.41, 5.74) is 0.417. The largest absolute Gasteiger partial charge is 0.497 e. The molecule has 0 bridgehead atoms. The molecule has 1 aliphatic heterocycles. The number of anilines is 1. The van der Waals surface area contributed by atoms with Crippen LogP contribution in [0.4, 0.5) is 5.69 Å². The highest BCUT2D eigenvalue weighted by atomic mass is 32.2. The van der Waals surface area contributed by atoms with Gasteiger partial charge in [0.15, 0.2) is 5.17 Å². The van der Waals surface area contributed by atoms with E-state index in [4.69, 9.17) is 4.74 Å². The van der Waals surface area contributed by atoms with E-state index >= 15 is 0 Å². The van der Waals surface area contributed by atoms with E-state index in [9.17, 15) is 13.2 Å². The lowest BCUT2D eigenvalue weighted by Gasteiger charge is -2.18. The van der Waals surface area contributed by atoms with Crippen molar-refractivity contribution < 1.29 is 17.9 Å². The highest BCUT2D eigenvalue weighted by molar-refractivity contribution is 8.15. The first kappa shape index (κ1) is 14.7. The fourth-order valence-corrected chi connectivity index (χ4v) is 3.64. The molecule has 0 saturated heterocycles. The van der Waals surface area contributed by atoms with E-state index in [0.717, 1.165) is 11.8 Å². The Morgan fingerprint density at radius 1 is 1.50 bits per heavy atom. The Bertz CT molecular complexity index is 670. The van der Waals surface area contributed by atoms with Gasteiger partial charge < -0.3 is 15.4 Å². The fourth-order valence-electron chi connectivity index (χ4n) is 1.51. The summed E-state index contributed by atoms with van der Waals surface area (Å²) in [4.78, 5) is 11.2. The number of sulfonamides is 1. The summed E-state index contributed by atoms with van der Waals surface area (Å²) < 4.78 is 32.8. The summed E-state index contributed by atoms with van der Waals surface area (Å²) >= 11 is 1.02. The number of hydrogen-bond acceptors (Lipinski definition) is 6. The van der Waals surface area contributed by atoms with Gasteiger partial charge in [-0.25, -0.2) is 0 Å².